The van der Waals surface area contributed by atoms with E-state index in [9.17, 15) is 0 Å². The van der Waals surface area contributed by atoms with Crippen LogP contribution in [0.2, 0.25) is 0 Å². The molecule has 4 rings (SSSR count). The van der Waals surface area contributed by atoms with Crippen molar-refractivity contribution in [1.82, 2.24) is 4.57 Å². The highest BCUT2D eigenvalue weighted by atomic mass is 16.3. The van der Waals surface area contributed by atoms with Gasteiger partial charge in [-0.25, -0.2) is 0 Å². The summed E-state index contributed by atoms with van der Waals surface area (Å²) in [5, 5.41) is 2.45. The molecule has 2 aromatic carbocycles. The van der Waals surface area contributed by atoms with Crippen molar-refractivity contribution >= 4 is 28.0 Å². The van der Waals surface area contributed by atoms with Gasteiger partial charge in [0.05, 0.1) is 17.3 Å². The van der Waals surface area contributed by atoms with Crippen molar-refractivity contribution < 1.29 is 4.42 Å². The second-order valence-electron chi connectivity index (χ2n) is 4.78. The monoisotopic (exact) mass is 259 g/mol. The summed E-state index contributed by atoms with van der Waals surface area (Å²) in [4.78, 5) is 0. The number of para-hydroxylation sites is 1. The van der Waals surface area contributed by atoms with Crippen molar-refractivity contribution in [3.05, 3.63) is 67.4 Å². The number of hydrogen-bond donors (Lipinski definition) is 0. The molecule has 2 nitrogen and oxygen atoms in total. The first-order chi connectivity index (χ1) is 9.88. The zero-order valence-electron chi connectivity index (χ0n) is 10.9. The van der Waals surface area contributed by atoms with Gasteiger partial charge in [0, 0.05) is 22.5 Å². The van der Waals surface area contributed by atoms with E-state index in [1.54, 1.807) is 6.26 Å². The molecule has 0 aliphatic carbocycles. The third-order valence-electron chi connectivity index (χ3n) is 3.70. The Morgan fingerprint density at radius 1 is 0.900 bits per heavy atom. The molecule has 0 unspecified atom stereocenters. The van der Waals surface area contributed by atoms with Gasteiger partial charge >= 0.3 is 0 Å². The topological polar surface area (TPSA) is 18.1 Å². The minimum atomic E-state index is 0.891. The third-order valence-corrected chi connectivity index (χ3v) is 3.70. The summed E-state index contributed by atoms with van der Waals surface area (Å²) in [5.41, 5.74) is 3.43. The van der Waals surface area contributed by atoms with E-state index >= 15 is 0 Å². The molecule has 0 bridgehead atoms. The lowest BCUT2D eigenvalue weighted by Gasteiger charge is -2.00. The summed E-state index contributed by atoms with van der Waals surface area (Å²) in [6, 6.07) is 18.6. The van der Waals surface area contributed by atoms with E-state index in [4.69, 9.17) is 4.42 Å². The average molecular weight is 259 g/mol. The van der Waals surface area contributed by atoms with Crippen molar-refractivity contribution in [3.8, 4) is 11.3 Å². The highest BCUT2D eigenvalue weighted by molar-refractivity contribution is 6.10. The van der Waals surface area contributed by atoms with Gasteiger partial charge in [0.2, 0.25) is 0 Å². The molecule has 2 heteroatoms. The lowest BCUT2D eigenvalue weighted by Crippen LogP contribution is -1.83. The molecule has 0 spiro atoms. The zero-order valence-corrected chi connectivity index (χ0v) is 10.9. The third kappa shape index (κ3) is 1.45. The lowest BCUT2D eigenvalue weighted by molar-refractivity contribution is 0.582. The summed E-state index contributed by atoms with van der Waals surface area (Å²) in [6.45, 7) is 3.92. The van der Waals surface area contributed by atoms with Crippen molar-refractivity contribution in [1.29, 1.82) is 0 Å². The molecule has 0 atom stereocenters. The average Bonchev–Trinajstić information content (AvgIpc) is 3.12. The minimum Gasteiger partial charge on any atom is -0.464 e. The predicted octanol–water partition coefficient (Wildman–Crippen LogP) is 5.16. The van der Waals surface area contributed by atoms with Gasteiger partial charge in [0.1, 0.15) is 5.76 Å². The predicted molar refractivity (Wildman–Crippen MR) is 83.5 cm³/mol. The van der Waals surface area contributed by atoms with E-state index in [-0.39, 0.29) is 0 Å². The fourth-order valence-corrected chi connectivity index (χ4v) is 2.80. The Morgan fingerprint density at radius 3 is 2.55 bits per heavy atom. The number of rotatable bonds is 2. The molecule has 4 aromatic rings. The van der Waals surface area contributed by atoms with E-state index in [1.165, 1.54) is 16.3 Å². The van der Waals surface area contributed by atoms with Gasteiger partial charge in [-0.05, 0) is 36.4 Å². The van der Waals surface area contributed by atoms with Crippen molar-refractivity contribution in [2.45, 2.75) is 0 Å². The molecule has 96 valence electrons. The van der Waals surface area contributed by atoms with Crippen LogP contribution in [-0.4, -0.2) is 4.57 Å². The Balaban J connectivity index is 2.12. The van der Waals surface area contributed by atoms with Crippen LogP contribution in [0.15, 0.2) is 71.9 Å². The highest BCUT2D eigenvalue weighted by Crippen LogP contribution is 2.32. The van der Waals surface area contributed by atoms with E-state index in [2.05, 4.69) is 53.6 Å². The first kappa shape index (κ1) is 11.1. The van der Waals surface area contributed by atoms with Gasteiger partial charge in [0.25, 0.3) is 0 Å². The Hall–Kier alpha value is -2.74. The van der Waals surface area contributed by atoms with Gasteiger partial charge in [0.15, 0.2) is 0 Å². The van der Waals surface area contributed by atoms with Crippen molar-refractivity contribution in [2.75, 3.05) is 0 Å². The van der Waals surface area contributed by atoms with Crippen LogP contribution < -0.4 is 0 Å². The van der Waals surface area contributed by atoms with Gasteiger partial charge in [-0.15, -0.1) is 0 Å². The number of furan rings is 1. The largest absolute Gasteiger partial charge is 0.464 e. The molecular formula is C18H13NO. The Bertz CT molecular complexity index is 913. The molecule has 0 amide bonds. The number of fused-ring (bicyclic) bond motifs is 3. The van der Waals surface area contributed by atoms with Crippen LogP contribution in [0, 0.1) is 0 Å². The smallest absolute Gasteiger partial charge is 0.133 e. The van der Waals surface area contributed by atoms with Gasteiger partial charge < -0.3 is 8.98 Å². The Labute approximate surface area is 116 Å². The van der Waals surface area contributed by atoms with Crippen LogP contribution >= 0.6 is 0 Å². The maximum Gasteiger partial charge on any atom is 0.133 e. The molecule has 0 saturated carbocycles. The molecule has 0 radical (unpaired) electrons. The Morgan fingerprint density at radius 2 is 1.75 bits per heavy atom. The maximum atomic E-state index is 5.49. The highest BCUT2D eigenvalue weighted by Gasteiger charge is 2.10. The summed E-state index contributed by atoms with van der Waals surface area (Å²) in [6.07, 6.45) is 3.56. The quantitative estimate of drug-likeness (QED) is 0.486. The summed E-state index contributed by atoms with van der Waals surface area (Å²) in [5.74, 6) is 0.891. The number of aromatic nitrogens is 1. The van der Waals surface area contributed by atoms with Crippen LogP contribution in [0.25, 0.3) is 39.3 Å². The van der Waals surface area contributed by atoms with Gasteiger partial charge in [-0.1, -0.05) is 24.8 Å². The molecule has 2 heterocycles. The van der Waals surface area contributed by atoms with Crippen molar-refractivity contribution in [3.63, 3.8) is 0 Å². The maximum absolute atomic E-state index is 5.49. The minimum absolute atomic E-state index is 0.891. The summed E-state index contributed by atoms with van der Waals surface area (Å²) >= 11 is 0. The molecule has 0 aliphatic rings. The SMILES string of the molecule is C=Cn1c2ccccc2c2cc(-c3ccco3)ccc21. The molecule has 2 aromatic heterocycles. The van der Waals surface area contributed by atoms with Gasteiger partial charge in [-0.2, -0.15) is 0 Å². The lowest BCUT2D eigenvalue weighted by atomic mass is 10.1. The van der Waals surface area contributed by atoms with Crippen LogP contribution in [0.4, 0.5) is 0 Å². The fraction of sp³-hybridized carbons (Fsp3) is 0. The Kier molecular flexibility index (Phi) is 2.30. The first-order valence-electron chi connectivity index (χ1n) is 6.57. The molecule has 0 N–H and O–H groups in total. The molecule has 0 saturated heterocycles. The first-order valence-corrected chi connectivity index (χ1v) is 6.57. The molecular weight excluding hydrogens is 246 g/mol. The van der Waals surface area contributed by atoms with Crippen LogP contribution in [-0.2, 0) is 0 Å². The van der Waals surface area contributed by atoms with Gasteiger partial charge in [-0.3, -0.25) is 0 Å². The van der Waals surface area contributed by atoms with Crippen LogP contribution in [0.3, 0.4) is 0 Å². The zero-order chi connectivity index (χ0) is 13.5. The number of hydrogen-bond acceptors (Lipinski definition) is 1. The fourth-order valence-electron chi connectivity index (χ4n) is 2.80. The summed E-state index contributed by atoms with van der Waals surface area (Å²) in [7, 11) is 0. The standard InChI is InChI=1S/C18H13NO/c1-2-19-16-7-4-3-6-14(16)15-12-13(9-10-17(15)19)18-8-5-11-20-18/h2-12H,1H2. The van der Waals surface area contributed by atoms with E-state index < -0.39 is 0 Å². The molecule has 0 aliphatic heterocycles. The molecule has 20 heavy (non-hydrogen) atoms. The second-order valence-corrected chi connectivity index (χ2v) is 4.78. The van der Waals surface area contributed by atoms with Crippen LogP contribution in [0.5, 0.6) is 0 Å². The number of nitrogens with zero attached hydrogens (tertiary/aromatic N) is 1. The summed E-state index contributed by atoms with van der Waals surface area (Å²) < 4.78 is 7.61. The molecule has 0 fully saturated rings. The van der Waals surface area contributed by atoms with Crippen molar-refractivity contribution in [2.24, 2.45) is 0 Å². The van der Waals surface area contributed by atoms with E-state index in [1.807, 2.05) is 18.3 Å². The second kappa shape index (κ2) is 4.14. The van der Waals surface area contributed by atoms with E-state index in [0.29, 0.717) is 0 Å². The van der Waals surface area contributed by atoms with E-state index in [0.717, 1.165) is 16.8 Å². The number of benzene rings is 2. The van der Waals surface area contributed by atoms with Crippen LogP contribution in [0.1, 0.15) is 0 Å². The normalized spacial score (nSPS) is 11.2.